The number of methoxy groups -OCH3 is 1. The van der Waals surface area contributed by atoms with Crippen LogP contribution in [0.5, 0.6) is 5.75 Å². The summed E-state index contributed by atoms with van der Waals surface area (Å²) in [6.07, 6.45) is 3.03. The average Bonchev–Trinajstić information content (AvgIpc) is 2.75. The standard InChI is InChI=1S/C23H29ClN2O3/c1-4-15-6-5-7-21(24)20(15)14-29-19-11-9-16-12-18(10-8-17(16)13-19)26-23(28-3)22(27)25-2/h5-7,9,11,13,18,23,26H,4,8,10,12,14H2,1-3H3,(H,25,27). The highest BCUT2D eigenvalue weighted by Gasteiger charge is 2.24. The van der Waals surface area contributed by atoms with E-state index in [4.69, 9.17) is 21.1 Å². The highest BCUT2D eigenvalue weighted by Crippen LogP contribution is 2.28. The lowest BCUT2D eigenvalue weighted by molar-refractivity contribution is -0.133. The fraction of sp³-hybridized carbons (Fsp3) is 0.435. The lowest BCUT2D eigenvalue weighted by Gasteiger charge is -2.29. The van der Waals surface area contributed by atoms with E-state index in [9.17, 15) is 4.79 Å². The summed E-state index contributed by atoms with van der Waals surface area (Å²) in [5.41, 5.74) is 4.84. The minimum absolute atomic E-state index is 0.159. The van der Waals surface area contributed by atoms with Gasteiger partial charge in [0.15, 0.2) is 6.23 Å². The van der Waals surface area contributed by atoms with Crippen LogP contribution in [0.15, 0.2) is 36.4 Å². The Labute approximate surface area is 177 Å². The first-order valence-electron chi connectivity index (χ1n) is 10.1. The third-order valence-corrected chi connectivity index (χ3v) is 5.85. The van der Waals surface area contributed by atoms with Gasteiger partial charge >= 0.3 is 0 Å². The van der Waals surface area contributed by atoms with Crippen molar-refractivity contribution in [1.29, 1.82) is 0 Å². The van der Waals surface area contributed by atoms with Crippen LogP contribution in [0, 0.1) is 0 Å². The van der Waals surface area contributed by atoms with E-state index in [1.54, 1.807) is 7.05 Å². The second-order valence-electron chi connectivity index (χ2n) is 7.29. The van der Waals surface area contributed by atoms with E-state index < -0.39 is 6.23 Å². The lowest BCUT2D eigenvalue weighted by atomic mass is 9.88. The third-order valence-electron chi connectivity index (χ3n) is 5.49. The Kier molecular flexibility index (Phi) is 7.53. The van der Waals surface area contributed by atoms with Crippen LogP contribution in [0.1, 0.15) is 35.6 Å². The van der Waals surface area contributed by atoms with Crippen LogP contribution in [0.25, 0.3) is 0 Å². The minimum atomic E-state index is -0.627. The molecule has 6 heteroatoms. The molecule has 0 fully saturated rings. The zero-order chi connectivity index (χ0) is 20.8. The van der Waals surface area contributed by atoms with Crippen molar-refractivity contribution in [2.75, 3.05) is 14.2 Å². The van der Waals surface area contributed by atoms with E-state index in [2.05, 4.69) is 35.8 Å². The molecule has 2 aromatic rings. The first-order chi connectivity index (χ1) is 14.0. The Morgan fingerprint density at radius 3 is 2.83 bits per heavy atom. The van der Waals surface area contributed by atoms with Crippen LogP contribution in [-0.4, -0.2) is 32.3 Å². The quantitative estimate of drug-likeness (QED) is 0.645. The highest BCUT2D eigenvalue weighted by atomic mass is 35.5. The number of hydrogen-bond donors (Lipinski definition) is 2. The molecular weight excluding hydrogens is 388 g/mol. The maximum atomic E-state index is 11.8. The van der Waals surface area contributed by atoms with Gasteiger partial charge < -0.3 is 14.8 Å². The molecule has 0 saturated heterocycles. The maximum absolute atomic E-state index is 11.8. The Hall–Kier alpha value is -2.08. The summed E-state index contributed by atoms with van der Waals surface area (Å²) in [6, 6.07) is 12.4. The van der Waals surface area contributed by atoms with Crippen molar-refractivity contribution in [2.45, 2.75) is 51.5 Å². The van der Waals surface area contributed by atoms with Crippen molar-refractivity contribution in [3.8, 4) is 5.75 Å². The fourth-order valence-corrected chi connectivity index (χ4v) is 4.06. The molecule has 0 spiro atoms. The number of fused-ring (bicyclic) bond motifs is 1. The number of aryl methyl sites for hydroxylation is 2. The molecule has 1 amide bonds. The molecule has 2 unspecified atom stereocenters. The van der Waals surface area contributed by atoms with Gasteiger partial charge in [0.1, 0.15) is 12.4 Å². The molecule has 1 aliphatic carbocycles. The number of carbonyl (C=O) groups excluding carboxylic acids is 1. The van der Waals surface area contributed by atoms with E-state index in [1.165, 1.54) is 23.8 Å². The zero-order valence-electron chi connectivity index (χ0n) is 17.3. The van der Waals surface area contributed by atoms with Gasteiger partial charge in [0.2, 0.25) is 0 Å². The molecule has 2 atom stereocenters. The number of rotatable bonds is 8. The molecule has 2 aromatic carbocycles. The molecule has 156 valence electrons. The SMILES string of the molecule is CCc1cccc(Cl)c1COc1ccc2c(c1)CCC(NC(OC)C(=O)NC)C2. The van der Waals surface area contributed by atoms with Crippen molar-refractivity contribution in [2.24, 2.45) is 0 Å². The predicted molar refractivity (Wildman–Crippen MR) is 115 cm³/mol. The summed E-state index contributed by atoms with van der Waals surface area (Å²) in [5.74, 6) is 0.699. The van der Waals surface area contributed by atoms with Gasteiger partial charge in [-0.15, -0.1) is 0 Å². The second kappa shape index (κ2) is 10.1. The topological polar surface area (TPSA) is 59.6 Å². The van der Waals surface area contributed by atoms with Gasteiger partial charge in [0.25, 0.3) is 5.91 Å². The van der Waals surface area contributed by atoms with Crippen LogP contribution in [0.4, 0.5) is 0 Å². The van der Waals surface area contributed by atoms with Crippen LogP contribution < -0.4 is 15.4 Å². The van der Waals surface area contributed by atoms with Gasteiger partial charge in [-0.3, -0.25) is 10.1 Å². The van der Waals surface area contributed by atoms with Crippen molar-refractivity contribution in [3.05, 3.63) is 63.7 Å². The number of halogens is 1. The number of hydrogen-bond acceptors (Lipinski definition) is 4. The van der Waals surface area contributed by atoms with E-state index in [-0.39, 0.29) is 11.9 Å². The van der Waals surface area contributed by atoms with Crippen molar-refractivity contribution in [3.63, 3.8) is 0 Å². The Morgan fingerprint density at radius 1 is 1.28 bits per heavy atom. The molecule has 29 heavy (non-hydrogen) atoms. The summed E-state index contributed by atoms with van der Waals surface area (Å²) in [6.45, 7) is 2.59. The predicted octanol–water partition coefficient (Wildman–Crippen LogP) is 3.65. The number of benzene rings is 2. The summed E-state index contributed by atoms with van der Waals surface area (Å²) in [5, 5.41) is 6.67. The summed E-state index contributed by atoms with van der Waals surface area (Å²) in [7, 11) is 3.15. The molecule has 0 aliphatic heterocycles. The zero-order valence-corrected chi connectivity index (χ0v) is 18.0. The van der Waals surface area contributed by atoms with Crippen LogP contribution in [0.3, 0.4) is 0 Å². The van der Waals surface area contributed by atoms with Crippen molar-refractivity contribution < 1.29 is 14.3 Å². The smallest absolute Gasteiger partial charge is 0.263 e. The second-order valence-corrected chi connectivity index (χ2v) is 7.69. The monoisotopic (exact) mass is 416 g/mol. The van der Waals surface area contributed by atoms with Gasteiger partial charge in [0.05, 0.1) is 0 Å². The normalized spacial score (nSPS) is 16.8. The molecule has 5 nitrogen and oxygen atoms in total. The number of nitrogens with one attached hydrogen (secondary N) is 2. The Balaban J connectivity index is 1.64. The van der Waals surface area contributed by atoms with Gasteiger partial charge in [-0.2, -0.15) is 0 Å². The molecule has 0 saturated carbocycles. The first kappa shape index (κ1) is 21.6. The van der Waals surface area contributed by atoms with E-state index in [1.807, 2.05) is 18.2 Å². The molecule has 1 aliphatic rings. The Bertz CT molecular complexity index is 856. The highest BCUT2D eigenvalue weighted by molar-refractivity contribution is 6.31. The Morgan fingerprint density at radius 2 is 2.10 bits per heavy atom. The van der Waals surface area contributed by atoms with Gasteiger partial charge in [-0.25, -0.2) is 0 Å². The molecule has 0 heterocycles. The van der Waals surface area contributed by atoms with Crippen LogP contribution in [-0.2, 0) is 35.4 Å². The van der Waals surface area contributed by atoms with Gasteiger partial charge in [-0.05, 0) is 60.6 Å². The third kappa shape index (κ3) is 5.30. The van der Waals surface area contributed by atoms with Gasteiger partial charge in [-0.1, -0.05) is 36.7 Å². The maximum Gasteiger partial charge on any atom is 0.263 e. The van der Waals surface area contributed by atoms with Crippen LogP contribution in [0.2, 0.25) is 5.02 Å². The van der Waals surface area contributed by atoms with Crippen molar-refractivity contribution >= 4 is 17.5 Å². The molecular formula is C23H29ClN2O3. The van der Waals surface area contributed by atoms with E-state index in [0.717, 1.165) is 42.0 Å². The number of amides is 1. The molecule has 2 N–H and O–H groups in total. The van der Waals surface area contributed by atoms with E-state index >= 15 is 0 Å². The van der Waals surface area contributed by atoms with Crippen molar-refractivity contribution in [1.82, 2.24) is 10.6 Å². The first-order valence-corrected chi connectivity index (χ1v) is 10.4. The number of likely N-dealkylation sites (N-methyl/N-ethyl adjacent to an activating group) is 1. The molecule has 3 rings (SSSR count). The van der Waals surface area contributed by atoms with E-state index in [0.29, 0.717) is 6.61 Å². The molecule has 0 aromatic heterocycles. The largest absolute Gasteiger partial charge is 0.489 e. The fourth-order valence-electron chi connectivity index (χ4n) is 3.81. The average molecular weight is 417 g/mol. The minimum Gasteiger partial charge on any atom is -0.489 e. The summed E-state index contributed by atoms with van der Waals surface area (Å²) < 4.78 is 11.3. The number of ether oxygens (including phenoxy) is 2. The van der Waals surface area contributed by atoms with Gasteiger partial charge in [0, 0.05) is 30.8 Å². The summed E-state index contributed by atoms with van der Waals surface area (Å²) >= 11 is 6.37. The number of carbonyl (C=O) groups is 1. The van der Waals surface area contributed by atoms with Crippen LogP contribution >= 0.6 is 11.6 Å². The molecule has 0 radical (unpaired) electrons. The summed E-state index contributed by atoms with van der Waals surface area (Å²) in [4.78, 5) is 11.8. The lowest BCUT2D eigenvalue weighted by Crippen LogP contribution is -2.50. The molecule has 0 bridgehead atoms.